The maximum Gasteiger partial charge on any atom is 0.325 e. The summed E-state index contributed by atoms with van der Waals surface area (Å²) >= 11 is 0. The van der Waals surface area contributed by atoms with Crippen LogP contribution in [0.15, 0.2) is 24.3 Å². The molecule has 1 heterocycles. The first-order valence-electron chi connectivity index (χ1n) is 8.03. The molecule has 0 radical (unpaired) electrons. The molecular weight excluding hydrogens is 308 g/mol. The summed E-state index contributed by atoms with van der Waals surface area (Å²) in [6.07, 6.45) is 1.24. The number of aryl methyl sites for hydroxylation is 1. The van der Waals surface area contributed by atoms with E-state index in [1.807, 2.05) is 24.3 Å². The Morgan fingerprint density at radius 3 is 2.79 bits per heavy atom. The van der Waals surface area contributed by atoms with E-state index < -0.39 is 23.0 Å². The normalized spacial score (nSPS) is 22.7. The summed E-state index contributed by atoms with van der Waals surface area (Å²) in [5, 5.41) is 5.53. The van der Waals surface area contributed by atoms with Gasteiger partial charge >= 0.3 is 6.03 Å². The van der Waals surface area contributed by atoms with Gasteiger partial charge in [-0.25, -0.2) is 4.79 Å². The predicted octanol–water partition coefficient (Wildman–Crippen LogP) is 0.233. The third-order valence-electron chi connectivity index (χ3n) is 4.71. The number of imide groups is 1. The Bertz CT molecular complexity index is 716. The highest BCUT2D eigenvalue weighted by atomic mass is 16.2. The van der Waals surface area contributed by atoms with Crippen LogP contribution in [0.1, 0.15) is 31.4 Å². The number of nitrogens with two attached hydrogens (primary N) is 1. The second-order valence-electron chi connectivity index (χ2n) is 7.02. The van der Waals surface area contributed by atoms with Crippen LogP contribution >= 0.6 is 0 Å². The fraction of sp³-hybridized carbons (Fsp3) is 0.471. The third-order valence-corrected chi connectivity index (χ3v) is 4.71. The molecule has 1 aliphatic carbocycles. The highest BCUT2D eigenvalue weighted by molar-refractivity contribution is 6.09. The molecule has 1 unspecified atom stereocenters. The summed E-state index contributed by atoms with van der Waals surface area (Å²) < 4.78 is 0. The van der Waals surface area contributed by atoms with Crippen LogP contribution in [-0.2, 0) is 21.5 Å². The standard InChI is InChI=1S/C17H22N4O3/c1-16(2,10-18)19-13(22)9-21-14(23)17(20-15(21)24)8-7-11-5-3-4-6-12(11)17/h3-6H,7-10,18H2,1-2H3,(H,19,22)(H,20,24). The Balaban J connectivity index is 1.80. The van der Waals surface area contributed by atoms with Crippen molar-refractivity contribution in [2.24, 2.45) is 5.73 Å². The quantitative estimate of drug-likeness (QED) is 0.688. The molecule has 4 amide bonds. The first-order chi connectivity index (χ1) is 11.3. The summed E-state index contributed by atoms with van der Waals surface area (Å²) in [7, 11) is 0. The molecule has 24 heavy (non-hydrogen) atoms. The van der Waals surface area contributed by atoms with Gasteiger partial charge in [0.1, 0.15) is 12.1 Å². The number of carbonyl (C=O) groups is 3. The van der Waals surface area contributed by atoms with E-state index in [1.54, 1.807) is 13.8 Å². The number of nitrogens with zero attached hydrogens (tertiary/aromatic N) is 1. The summed E-state index contributed by atoms with van der Waals surface area (Å²) in [5.74, 6) is -0.768. The molecule has 1 aromatic rings. The lowest BCUT2D eigenvalue weighted by Crippen LogP contribution is -2.52. The fourth-order valence-electron chi connectivity index (χ4n) is 3.34. The van der Waals surface area contributed by atoms with Crippen LogP contribution < -0.4 is 16.4 Å². The molecule has 2 aliphatic rings. The lowest BCUT2D eigenvalue weighted by Gasteiger charge is -2.26. The largest absolute Gasteiger partial charge is 0.348 e. The lowest BCUT2D eigenvalue weighted by atomic mass is 9.92. The van der Waals surface area contributed by atoms with Gasteiger partial charge in [0.15, 0.2) is 0 Å². The second kappa shape index (κ2) is 5.59. The van der Waals surface area contributed by atoms with E-state index in [2.05, 4.69) is 10.6 Å². The predicted molar refractivity (Wildman–Crippen MR) is 88.0 cm³/mol. The Kier molecular flexibility index (Phi) is 3.83. The topological polar surface area (TPSA) is 105 Å². The molecule has 7 nitrogen and oxygen atoms in total. The van der Waals surface area contributed by atoms with Gasteiger partial charge in [-0.15, -0.1) is 0 Å². The smallest absolute Gasteiger partial charge is 0.325 e. The minimum atomic E-state index is -1.03. The van der Waals surface area contributed by atoms with E-state index in [0.717, 1.165) is 22.4 Å². The van der Waals surface area contributed by atoms with Gasteiger partial charge in [0.2, 0.25) is 5.91 Å². The zero-order chi connectivity index (χ0) is 17.5. The fourth-order valence-corrected chi connectivity index (χ4v) is 3.34. The molecule has 4 N–H and O–H groups in total. The number of nitrogens with one attached hydrogen (secondary N) is 2. The zero-order valence-corrected chi connectivity index (χ0v) is 13.9. The number of carbonyl (C=O) groups excluding carboxylic acids is 3. The first kappa shape index (κ1) is 16.4. The van der Waals surface area contributed by atoms with Gasteiger partial charge in [-0.3, -0.25) is 14.5 Å². The Labute approximate surface area is 140 Å². The molecule has 128 valence electrons. The van der Waals surface area contributed by atoms with Crippen LogP contribution in [0.25, 0.3) is 0 Å². The molecule has 1 spiro atoms. The van der Waals surface area contributed by atoms with Gasteiger partial charge in [0, 0.05) is 12.1 Å². The van der Waals surface area contributed by atoms with Crippen LogP contribution in [0.5, 0.6) is 0 Å². The number of fused-ring (bicyclic) bond motifs is 2. The molecule has 7 heteroatoms. The molecule has 1 fully saturated rings. The van der Waals surface area contributed by atoms with Crippen LogP contribution in [0.2, 0.25) is 0 Å². The second-order valence-corrected chi connectivity index (χ2v) is 7.02. The molecule has 3 rings (SSSR count). The van der Waals surface area contributed by atoms with E-state index >= 15 is 0 Å². The average molecular weight is 330 g/mol. The molecule has 1 aromatic carbocycles. The zero-order valence-electron chi connectivity index (χ0n) is 13.9. The number of urea groups is 1. The Morgan fingerprint density at radius 2 is 2.08 bits per heavy atom. The van der Waals surface area contributed by atoms with Crippen molar-refractivity contribution < 1.29 is 14.4 Å². The number of amides is 4. The summed E-state index contributed by atoms with van der Waals surface area (Å²) in [4.78, 5) is 38.4. The minimum Gasteiger partial charge on any atom is -0.348 e. The lowest BCUT2D eigenvalue weighted by molar-refractivity contribution is -0.135. The van der Waals surface area contributed by atoms with Crippen molar-refractivity contribution >= 4 is 17.8 Å². The van der Waals surface area contributed by atoms with Gasteiger partial charge in [0.25, 0.3) is 5.91 Å². The Hall–Kier alpha value is -2.41. The van der Waals surface area contributed by atoms with Gasteiger partial charge in [0.05, 0.1) is 0 Å². The van der Waals surface area contributed by atoms with Crippen molar-refractivity contribution in [1.29, 1.82) is 0 Å². The van der Waals surface area contributed by atoms with E-state index in [1.165, 1.54) is 0 Å². The van der Waals surface area contributed by atoms with Crippen molar-refractivity contribution in [3.8, 4) is 0 Å². The van der Waals surface area contributed by atoms with Gasteiger partial charge in [-0.2, -0.15) is 0 Å². The number of hydrogen-bond acceptors (Lipinski definition) is 4. The monoisotopic (exact) mass is 330 g/mol. The molecule has 0 bridgehead atoms. The third kappa shape index (κ3) is 2.54. The van der Waals surface area contributed by atoms with Crippen molar-refractivity contribution in [3.63, 3.8) is 0 Å². The van der Waals surface area contributed by atoms with Crippen LogP contribution in [0, 0.1) is 0 Å². The van der Waals surface area contributed by atoms with E-state index in [4.69, 9.17) is 5.73 Å². The molecule has 1 atom stereocenters. The maximum atomic E-state index is 12.9. The molecule has 0 aromatic heterocycles. The maximum absolute atomic E-state index is 12.9. The molecular formula is C17H22N4O3. The van der Waals surface area contributed by atoms with Gasteiger partial charge in [-0.1, -0.05) is 24.3 Å². The summed E-state index contributed by atoms with van der Waals surface area (Å²) in [5.41, 5.74) is 5.86. The highest BCUT2D eigenvalue weighted by Gasteiger charge is 2.55. The Morgan fingerprint density at radius 1 is 1.38 bits per heavy atom. The van der Waals surface area contributed by atoms with Crippen LogP contribution in [0.3, 0.4) is 0 Å². The molecule has 0 saturated carbocycles. The van der Waals surface area contributed by atoms with E-state index in [9.17, 15) is 14.4 Å². The van der Waals surface area contributed by atoms with Crippen molar-refractivity contribution in [3.05, 3.63) is 35.4 Å². The van der Waals surface area contributed by atoms with Gasteiger partial charge in [-0.05, 0) is 37.8 Å². The highest BCUT2D eigenvalue weighted by Crippen LogP contribution is 2.41. The van der Waals surface area contributed by atoms with E-state index in [-0.39, 0.29) is 19.0 Å². The SMILES string of the molecule is CC(C)(CN)NC(=O)CN1C(=O)NC2(CCc3ccccc32)C1=O. The first-order valence-corrected chi connectivity index (χ1v) is 8.03. The minimum absolute atomic E-state index is 0.260. The van der Waals surface area contributed by atoms with Gasteiger partial charge < -0.3 is 16.4 Å². The molecule has 1 saturated heterocycles. The number of rotatable bonds is 4. The summed E-state index contributed by atoms with van der Waals surface area (Å²) in [6, 6.07) is 7.06. The number of benzene rings is 1. The average Bonchev–Trinajstić information content (AvgIpc) is 3.01. The van der Waals surface area contributed by atoms with Crippen molar-refractivity contribution in [2.45, 2.75) is 37.8 Å². The van der Waals surface area contributed by atoms with Crippen molar-refractivity contribution in [2.75, 3.05) is 13.1 Å². The molecule has 1 aliphatic heterocycles. The van der Waals surface area contributed by atoms with E-state index in [0.29, 0.717) is 6.42 Å². The summed E-state index contributed by atoms with van der Waals surface area (Å²) in [6.45, 7) is 3.52. The number of hydrogen-bond donors (Lipinski definition) is 3. The van der Waals surface area contributed by atoms with Crippen molar-refractivity contribution in [1.82, 2.24) is 15.5 Å². The van der Waals surface area contributed by atoms with Crippen LogP contribution in [0.4, 0.5) is 4.79 Å². The van der Waals surface area contributed by atoms with Crippen LogP contribution in [-0.4, -0.2) is 41.4 Å².